The standard InChI is InChI=1S/C27H25N9O3S/c1-36(2)22-8-3-7-21-20(22)6-4-9-23(21)40(38,39)31-17-16-30-27(37)19-12-10-18(11-13-19)24-32-34-26(35-33-24)25-28-14-5-15-29-25/h3-15,31H,16-17H2,1-2H3,(H,30,37). The third kappa shape index (κ3) is 5.75. The van der Waals surface area contributed by atoms with Gasteiger partial charge in [0, 0.05) is 67.2 Å². The van der Waals surface area contributed by atoms with Crippen LogP contribution < -0.4 is 14.9 Å². The average molecular weight is 556 g/mol. The van der Waals surface area contributed by atoms with Crippen molar-refractivity contribution in [2.45, 2.75) is 4.90 Å². The lowest BCUT2D eigenvalue weighted by atomic mass is 10.1. The zero-order valence-electron chi connectivity index (χ0n) is 21.7. The van der Waals surface area contributed by atoms with E-state index in [1.807, 2.05) is 37.2 Å². The van der Waals surface area contributed by atoms with Crippen molar-refractivity contribution in [3.63, 3.8) is 0 Å². The van der Waals surface area contributed by atoms with Gasteiger partial charge in [-0.1, -0.05) is 36.4 Å². The average Bonchev–Trinajstić information content (AvgIpc) is 2.99. The highest BCUT2D eigenvalue weighted by Crippen LogP contribution is 2.30. The Balaban J connectivity index is 1.18. The third-order valence-electron chi connectivity index (χ3n) is 5.98. The van der Waals surface area contributed by atoms with Crippen molar-refractivity contribution in [3.05, 3.63) is 84.7 Å². The van der Waals surface area contributed by atoms with Gasteiger partial charge in [0.2, 0.25) is 27.5 Å². The van der Waals surface area contributed by atoms with Crippen molar-refractivity contribution in [1.29, 1.82) is 0 Å². The van der Waals surface area contributed by atoms with Crippen LogP contribution in [0.3, 0.4) is 0 Å². The Morgan fingerprint density at radius 2 is 1.40 bits per heavy atom. The molecule has 0 saturated carbocycles. The monoisotopic (exact) mass is 555 g/mol. The van der Waals surface area contributed by atoms with Gasteiger partial charge in [-0.3, -0.25) is 4.79 Å². The Hall–Kier alpha value is -4.88. The summed E-state index contributed by atoms with van der Waals surface area (Å²) in [4.78, 5) is 22.8. The van der Waals surface area contributed by atoms with Gasteiger partial charge in [-0.2, -0.15) is 0 Å². The van der Waals surface area contributed by atoms with E-state index in [1.54, 1.807) is 60.9 Å². The first-order valence-corrected chi connectivity index (χ1v) is 13.7. The first kappa shape index (κ1) is 26.7. The second-order valence-corrected chi connectivity index (χ2v) is 10.6. The number of nitrogens with zero attached hydrogens (tertiary/aromatic N) is 7. The maximum Gasteiger partial charge on any atom is 0.251 e. The Bertz CT molecular complexity index is 1750. The van der Waals surface area contributed by atoms with E-state index in [1.165, 1.54) is 0 Å². The number of sulfonamides is 1. The van der Waals surface area contributed by atoms with Crippen molar-refractivity contribution >= 4 is 32.4 Å². The molecule has 40 heavy (non-hydrogen) atoms. The quantitative estimate of drug-likeness (QED) is 0.259. The lowest BCUT2D eigenvalue weighted by molar-refractivity contribution is 0.0954. The van der Waals surface area contributed by atoms with E-state index in [9.17, 15) is 13.2 Å². The molecule has 2 heterocycles. The highest BCUT2D eigenvalue weighted by Gasteiger charge is 2.18. The van der Waals surface area contributed by atoms with E-state index in [2.05, 4.69) is 40.4 Å². The first-order chi connectivity index (χ1) is 19.3. The maximum absolute atomic E-state index is 13.0. The van der Waals surface area contributed by atoms with Crippen LogP contribution in [0.2, 0.25) is 0 Å². The Morgan fingerprint density at radius 3 is 2.10 bits per heavy atom. The number of nitrogens with one attached hydrogen (secondary N) is 2. The highest BCUT2D eigenvalue weighted by molar-refractivity contribution is 7.89. The molecular weight excluding hydrogens is 530 g/mol. The van der Waals surface area contributed by atoms with E-state index in [4.69, 9.17) is 0 Å². The van der Waals surface area contributed by atoms with Crippen LogP contribution in [0.15, 0.2) is 84.0 Å². The van der Waals surface area contributed by atoms with Crippen LogP contribution in [0.5, 0.6) is 0 Å². The van der Waals surface area contributed by atoms with Crippen molar-refractivity contribution in [2.75, 3.05) is 32.1 Å². The molecule has 12 nitrogen and oxygen atoms in total. The predicted molar refractivity (Wildman–Crippen MR) is 150 cm³/mol. The van der Waals surface area contributed by atoms with Crippen LogP contribution in [0.25, 0.3) is 33.8 Å². The van der Waals surface area contributed by atoms with E-state index in [-0.39, 0.29) is 35.5 Å². The molecule has 0 atom stereocenters. The zero-order valence-corrected chi connectivity index (χ0v) is 22.5. The van der Waals surface area contributed by atoms with Crippen LogP contribution >= 0.6 is 0 Å². The Labute approximate surface area is 230 Å². The molecule has 0 spiro atoms. The van der Waals surface area contributed by atoms with E-state index >= 15 is 0 Å². The van der Waals surface area contributed by atoms with Crippen molar-refractivity contribution in [3.8, 4) is 23.0 Å². The number of amides is 1. The number of aromatic nitrogens is 6. The fraction of sp³-hybridized carbons (Fsp3) is 0.148. The number of hydrogen-bond acceptors (Lipinski definition) is 10. The highest BCUT2D eigenvalue weighted by atomic mass is 32.2. The molecule has 0 fully saturated rings. The summed E-state index contributed by atoms with van der Waals surface area (Å²) in [6.07, 6.45) is 3.15. The summed E-state index contributed by atoms with van der Waals surface area (Å²) in [5.74, 6) is 0.459. The number of fused-ring (bicyclic) bond motifs is 1. The van der Waals surface area contributed by atoms with Gasteiger partial charge < -0.3 is 10.2 Å². The van der Waals surface area contributed by atoms with E-state index in [0.29, 0.717) is 22.3 Å². The Morgan fingerprint density at radius 1 is 0.750 bits per heavy atom. The summed E-state index contributed by atoms with van der Waals surface area (Å²) >= 11 is 0. The zero-order chi connectivity index (χ0) is 28.1. The third-order valence-corrected chi connectivity index (χ3v) is 7.50. The molecule has 13 heteroatoms. The van der Waals surface area contributed by atoms with Gasteiger partial charge in [0.1, 0.15) is 0 Å². The lowest BCUT2D eigenvalue weighted by Gasteiger charge is -2.17. The molecular formula is C27H25N9O3S. The molecule has 0 radical (unpaired) electrons. The lowest BCUT2D eigenvalue weighted by Crippen LogP contribution is -2.34. The molecule has 0 aliphatic heterocycles. The van der Waals surface area contributed by atoms with Gasteiger partial charge in [0.05, 0.1) is 4.90 Å². The molecule has 3 aromatic carbocycles. The number of rotatable bonds is 9. The van der Waals surface area contributed by atoms with Gasteiger partial charge >= 0.3 is 0 Å². The van der Waals surface area contributed by atoms with Crippen molar-refractivity contribution < 1.29 is 13.2 Å². The predicted octanol–water partition coefficient (Wildman–Crippen LogP) is 2.32. The van der Waals surface area contributed by atoms with Crippen LogP contribution in [-0.2, 0) is 10.0 Å². The summed E-state index contributed by atoms with van der Waals surface area (Å²) in [6.45, 7) is 0.131. The summed E-state index contributed by atoms with van der Waals surface area (Å²) in [6, 6.07) is 19.0. The normalized spacial score (nSPS) is 11.3. The van der Waals surface area contributed by atoms with Crippen molar-refractivity contribution in [2.24, 2.45) is 0 Å². The molecule has 0 bridgehead atoms. The maximum atomic E-state index is 13.0. The minimum absolute atomic E-state index is 0.0264. The number of anilines is 1. The van der Waals surface area contributed by atoms with Crippen molar-refractivity contribution in [1.82, 2.24) is 40.4 Å². The minimum atomic E-state index is -3.80. The van der Waals surface area contributed by atoms with Crippen LogP contribution in [0, 0.1) is 0 Å². The topological polar surface area (TPSA) is 156 Å². The van der Waals surface area contributed by atoms with Crippen LogP contribution in [0.1, 0.15) is 10.4 Å². The molecule has 0 unspecified atom stereocenters. The fourth-order valence-corrected chi connectivity index (χ4v) is 5.30. The molecule has 0 aliphatic rings. The van der Waals surface area contributed by atoms with E-state index < -0.39 is 10.0 Å². The molecule has 1 amide bonds. The van der Waals surface area contributed by atoms with Gasteiger partial charge in [-0.05, 0) is 30.3 Å². The molecule has 2 N–H and O–H groups in total. The number of carbonyl (C=O) groups is 1. The fourth-order valence-electron chi connectivity index (χ4n) is 4.05. The van der Waals surface area contributed by atoms with Crippen LogP contribution in [0.4, 0.5) is 5.69 Å². The number of benzene rings is 3. The summed E-state index contributed by atoms with van der Waals surface area (Å²) in [5.41, 5.74) is 1.94. The number of hydrogen-bond donors (Lipinski definition) is 2. The molecule has 0 aliphatic carbocycles. The summed E-state index contributed by atoms with van der Waals surface area (Å²) in [5, 5.41) is 20.4. The smallest absolute Gasteiger partial charge is 0.251 e. The second kappa shape index (κ2) is 11.5. The first-order valence-electron chi connectivity index (χ1n) is 12.3. The molecule has 202 valence electrons. The van der Waals surface area contributed by atoms with Gasteiger partial charge in [-0.25, -0.2) is 23.1 Å². The summed E-state index contributed by atoms with van der Waals surface area (Å²) in [7, 11) is 0.0144. The molecule has 5 aromatic rings. The largest absolute Gasteiger partial charge is 0.377 e. The SMILES string of the molecule is CN(C)c1cccc2c(S(=O)(=O)NCCNC(=O)c3ccc(-c4nnc(-c5ncccn5)nn4)cc3)cccc12. The molecule has 0 saturated heterocycles. The van der Waals surface area contributed by atoms with Gasteiger partial charge in [-0.15, -0.1) is 20.4 Å². The molecule has 2 aromatic heterocycles. The van der Waals surface area contributed by atoms with Gasteiger partial charge in [0.15, 0.2) is 0 Å². The van der Waals surface area contributed by atoms with Crippen LogP contribution in [-0.4, -0.2) is 71.9 Å². The van der Waals surface area contributed by atoms with E-state index in [0.717, 1.165) is 11.1 Å². The van der Waals surface area contributed by atoms with Gasteiger partial charge in [0.25, 0.3) is 5.91 Å². The minimum Gasteiger partial charge on any atom is -0.377 e. The summed E-state index contributed by atoms with van der Waals surface area (Å²) < 4.78 is 28.7. The molecule has 5 rings (SSSR count). The number of carbonyl (C=O) groups excluding carboxylic acids is 1. The second-order valence-electron chi connectivity index (χ2n) is 8.87. The Kier molecular flexibility index (Phi) is 7.66.